The minimum atomic E-state index is -0.734. The van der Waals surface area contributed by atoms with Gasteiger partial charge in [-0.1, -0.05) is 46.0 Å². The second kappa shape index (κ2) is 5.98. The number of nitrogens with zero attached hydrogens (tertiary/aromatic N) is 1. The zero-order valence-electron chi connectivity index (χ0n) is 14.0. The lowest BCUT2D eigenvalue weighted by molar-refractivity contribution is -0.163. The van der Waals surface area contributed by atoms with Crippen molar-refractivity contribution >= 4 is 11.8 Å². The summed E-state index contributed by atoms with van der Waals surface area (Å²) in [6, 6.07) is 0. The van der Waals surface area contributed by atoms with Gasteiger partial charge in [-0.25, -0.2) is 0 Å². The number of rotatable bonds is 4. The van der Waals surface area contributed by atoms with E-state index in [0.717, 1.165) is 38.5 Å². The molecule has 4 heteroatoms. The summed E-state index contributed by atoms with van der Waals surface area (Å²) in [5, 5.41) is 3.08. The highest BCUT2D eigenvalue weighted by atomic mass is 16.2. The maximum atomic E-state index is 13.1. The number of carbonyl (C=O) groups is 2. The molecule has 2 amide bonds. The maximum absolute atomic E-state index is 13.1. The summed E-state index contributed by atoms with van der Waals surface area (Å²) in [6.45, 7) is 8.77. The summed E-state index contributed by atoms with van der Waals surface area (Å²) in [5.74, 6) is 0.633. The predicted octanol–water partition coefficient (Wildman–Crippen LogP) is 2.86. The third kappa shape index (κ3) is 2.82. The molecule has 4 nitrogen and oxygen atoms in total. The van der Waals surface area contributed by atoms with Crippen LogP contribution in [0.15, 0.2) is 0 Å². The Hall–Kier alpha value is -1.06. The van der Waals surface area contributed by atoms with E-state index in [4.69, 9.17) is 0 Å². The van der Waals surface area contributed by atoms with E-state index in [1.54, 1.807) is 0 Å². The van der Waals surface area contributed by atoms with Crippen molar-refractivity contribution in [3.05, 3.63) is 0 Å². The molecule has 0 unspecified atom stereocenters. The Labute approximate surface area is 128 Å². The van der Waals surface area contributed by atoms with Gasteiger partial charge in [0.1, 0.15) is 11.1 Å². The fraction of sp³-hybridized carbons (Fsp3) is 0.882. The molecule has 1 spiro atoms. The van der Waals surface area contributed by atoms with Gasteiger partial charge >= 0.3 is 0 Å². The monoisotopic (exact) mass is 294 g/mol. The predicted molar refractivity (Wildman–Crippen MR) is 83.8 cm³/mol. The smallest absolute Gasteiger partial charge is 0.249 e. The summed E-state index contributed by atoms with van der Waals surface area (Å²) < 4.78 is 0. The van der Waals surface area contributed by atoms with Gasteiger partial charge in [0, 0.05) is 6.54 Å². The molecule has 0 bridgehead atoms. The third-order valence-corrected chi connectivity index (χ3v) is 5.54. The van der Waals surface area contributed by atoms with Crippen LogP contribution in [-0.4, -0.2) is 34.3 Å². The Kier molecular flexibility index (Phi) is 4.64. The van der Waals surface area contributed by atoms with E-state index in [9.17, 15) is 9.59 Å². The standard InChI is InChI=1S/C17H30N2O2/c1-5-13(6-2)12-19-15(21)17(10-8-7-9-11-17)18-14(20)16(19,3)4/h13H,5-12H2,1-4H3,(H,18,20). The molecule has 1 saturated carbocycles. The van der Waals surface area contributed by atoms with Crippen molar-refractivity contribution in [3.63, 3.8) is 0 Å². The average molecular weight is 294 g/mol. The molecule has 1 aliphatic carbocycles. The van der Waals surface area contributed by atoms with Crippen molar-refractivity contribution in [2.75, 3.05) is 6.54 Å². The van der Waals surface area contributed by atoms with Gasteiger partial charge in [-0.3, -0.25) is 9.59 Å². The van der Waals surface area contributed by atoms with E-state index in [1.165, 1.54) is 6.42 Å². The Morgan fingerprint density at radius 2 is 1.67 bits per heavy atom. The lowest BCUT2D eigenvalue weighted by Crippen LogP contribution is -2.74. The number of piperazine rings is 1. The highest BCUT2D eigenvalue weighted by molar-refractivity contribution is 6.02. The molecule has 21 heavy (non-hydrogen) atoms. The molecular weight excluding hydrogens is 264 g/mol. The second-order valence-corrected chi connectivity index (χ2v) is 7.25. The zero-order chi connectivity index (χ0) is 15.7. The fourth-order valence-electron chi connectivity index (χ4n) is 3.67. The van der Waals surface area contributed by atoms with Crippen molar-refractivity contribution in [2.45, 2.75) is 83.7 Å². The van der Waals surface area contributed by atoms with Crippen molar-refractivity contribution in [3.8, 4) is 0 Å². The van der Waals surface area contributed by atoms with Gasteiger partial charge < -0.3 is 10.2 Å². The SMILES string of the molecule is CCC(CC)CN1C(=O)C2(CCCCC2)NC(=O)C1(C)C. The number of hydrogen-bond acceptors (Lipinski definition) is 2. The van der Waals surface area contributed by atoms with Gasteiger partial charge in [0.15, 0.2) is 0 Å². The molecule has 0 atom stereocenters. The summed E-state index contributed by atoms with van der Waals surface area (Å²) in [5.41, 5.74) is -1.35. The lowest BCUT2D eigenvalue weighted by Gasteiger charge is -2.52. The van der Waals surface area contributed by atoms with Crippen LogP contribution in [0.5, 0.6) is 0 Å². The summed E-state index contributed by atoms with van der Waals surface area (Å²) in [4.78, 5) is 27.6. The van der Waals surface area contributed by atoms with Crippen LogP contribution in [-0.2, 0) is 9.59 Å². The molecule has 0 aromatic heterocycles. The summed E-state index contributed by atoms with van der Waals surface area (Å²) in [6.07, 6.45) is 6.92. The molecule has 1 heterocycles. The molecular formula is C17H30N2O2. The minimum Gasteiger partial charge on any atom is -0.340 e. The van der Waals surface area contributed by atoms with Crippen LogP contribution >= 0.6 is 0 Å². The summed E-state index contributed by atoms with van der Waals surface area (Å²) in [7, 11) is 0. The molecule has 0 radical (unpaired) electrons. The highest BCUT2D eigenvalue weighted by Gasteiger charge is 2.54. The first-order chi connectivity index (χ1) is 9.87. The Morgan fingerprint density at radius 1 is 1.10 bits per heavy atom. The average Bonchev–Trinajstić information content (AvgIpc) is 2.47. The number of hydrogen-bond donors (Lipinski definition) is 1. The van der Waals surface area contributed by atoms with Crippen LogP contribution in [0.1, 0.15) is 72.6 Å². The fourth-order valence-corrected chi connectivity index (χ4v) is 3.67. The lowest BCUT2D eigenvalue weighted by atomic mass is 9.76. The number of nitrogens with one attached hydrogen (secondary N) is 1. The van der Waals surface area contributed by atoms with Crippen LogP contribution in [0.25, 0.3) is 0 Å². The van der Waals surface area contributed by atoms with Crippen molar-refractivity contribution in [2.24, 2.45) is 5.92 Å². The Bertz CT molecular complexity index is 407. The molecule has 0 aromatic carbocycles. The normalized spacial score (nSPS) is 24.5. The molecule has 1 N–H and O–H groups in total. The van der Waals surface area contributed by atoms with E-state index in [-0.39, 0.29) is 11.8 Å². The van der Waals surface area contributed by atoms with Crippen molar-refractivity contribution < 1.29 is 9.59 Å². The van der Waals surface area contributed by atoms with Gasteiger partial charge in [0.05, 0.1) is 0 Å². The van der Waals surface area contributed by atoms with Crippen LogP contribution < -0.4 is 5.32 Å². The van der Waals surface area contributed by atoms with E-state index in [2.05, 4.69) is 19.2 Å². The number of carbonyl (C=O) groups excluding carboxylic acids is 2. The van der Waals surface area contributed by atoms with E-state index < -0.39 is 11.1 Å². The van der Waals surface area contributed by atoms with Crippen LogP contribution in [0, 0.1) is 5.92 Å². The largest absolute Gasteiger partial charge is 0.340 e. The Morgan fingerprint density at radius 3 is 2.19 bits per heavy atom. The van der Waals surface area contributed by atoms with Gasteiger partial charge in [-0.05, 0) is 32.6 Å². The van der Waals surface area contributed by atoms with E-state index in [1.807, 2.05) is 18.7 Å². The third-order valence-electron chi connectivity index (χ3n) is 5.54. The first-order valence-electron chi connectivity index (χ1n) is 8.52. The van der Waals surface area contributed by atoms with Gasteiger partial charge in [0.2, 0.25) is 11.8 Å². The first-order valence-corrected chi connectivity index (χ1v) is 8.52. The molecule has 2 rings (SSSR count). The summed E-state index contributed by atoms with van der Waals surface area (Å²) >= 11 is 0. The molecule has 0 aromatic rings. The molecule has 2 aliphatic rings. The molecule has 1 saturated heterocycles. The van der Waals surface area contributed by atoms with E-state index >= 15 is 0 Å². The van der Waals surface area contributed by atoms with Gasteiger partial charge in [-0.15, -0.1) is 0 Å². The minimum absolute atomic E-state index is 0.00922. The van der Waals surface area contributed by atoms with Crippen LogP contribution in [0.2, 0.25) is 0 Å². The van der Waals surface area contributed by atoms with Gasteiger partial charge in [0.25, 0.3) is 0 Å². The highest BCUT2D eigenvalue weighted by Crippen LogP contribution is 2.36. The molecule has 1 aliphatic heterocycles. The first kappa shape index (κ1) is 16.3. The number of amides is 2. The molecule has 2 fully saturated rings. The topological polar surface area (TPSA) is 49.4 Å². The van der Waals surface area contributed by atoms with Crippen LogP contribution in [0.4, 0.5) is 0 Å². The van der Waals surface area contributed by atoms with Crippen molar-refractivity contribution in [1.29, 1.82) is 0 Å². The maximum Gasteiger partial charge on any atom is 0.249 e. The quantitative estimate of drug-likeness (QED) is 0.866. The van der Waals surface area contributed by atoms with Gasteiger partial charge in [-0.2, -0.15) is 0 Å². The van der Waals surface area contributed by atoms with Crippen molar-refractivity contribution in [1.82, 2.24) is 10.2 Å². The van der Waals surface area contributed by atoms with E-state index in [0.29, 0.717) is 12.5 Å². The van der Waals surface area contributed by atoms with Crippen LogP contribution in [0.3, 0.4) is 0 Å². The second-order valence-electron chi connectivity index (χ2n) is 7.25. The Balaban J connectivity index is 2.29. The molecule has 120 valence electrons. The zero-order valence-corrected chi connectivity index (χ0v) is 14.0.